The maximum absolute atomic E-state index is 5.55. The molecule has 1 aromatic rings. The molecule has 5 heteroatoms. The van der Waals surface area contributed by atoms with Crippen molar-refractivity contribution in [2.24, 2.45) is 0 Å². The zero-order valence-electron chi connectivity index (χ0n) is 11.1. The van der Waals surface area contributed by atoms with Gasteiger partial charge in [0.05, 0.1) is 6.61 Å². The Kier molecular flexibility index (Phi) is 4.75. The fourth-order valence-electron chi connectivity index (χ4n) is 1.91. The molecule has 1 aromatic heterocycles. The SMILES string of the molecule is CCCOc1cc(C)nc(NC2CCOCC2)n1. The summed E-state index contributed by atoms with van der Waals surface area (Å²) in [4.78, 5) is 8.77. The summed E-state index contributed by atoms with van der Waals surface area (Å²) < 4.78 is 10.9. The molecule has 1 aliphatic heterocycles. The molecule has 0 aliphatic carbocycles. The van der Waals surface area contributed by atoms with E-state index < -0.39 is 0 Å². The molecule has 0 bridgehead atoms. The highest BCUT2D eigenvalue weighted by molar-refractivity contribution is 5.31. The lowest BCUT2D eigenvalue weighted by molar-refractivity contribution is 0.0903. The van der Waals surface area contributed by atoms with Gasteiger partial charge in [-0.25, -0.2) is 4.98 Å². The van der Waals surface area contributed by atoms with Gasteiger partial charge in [-0.05, 0) is 26.2 Å². The number of hydrogen-bond acceptors (Lipinski definition) is 5. The predicted octanol–water partition coefficient (Wildman–Crippen LogP) is 2.16. The van der Waals surface area contributed by atoms with Gasteiger partial charge in [-0.3, -0.25) is 0 Å². The molecule has 1 N–H and O–H groups in total. The molecule has 1 aliphatic rings. The standard InChI is InChI=1S/C13H21N3O2/c1-3-6-18-12-9-10(2)14-13(16-12)15-11-4-7-17-8-5-11/h9,11H,3-8H2,1-2H3,(H,14,15,16). The molecule has 2 rings (SSSR count). The van der Waals surface area contributed by atoms with Crippen molar-refractivity contribution in [3.63, 3.8) is 0 Å². The highest BCUT2D eigenvalue weighted by atomic mass is 16.5. The Hall–Kier alpha value is -1.36. The van der Waals surface area contributed by atoms with Crippen LogP contribution in [0.5, 0.6) is 5.88 Å². The lowest BCUT2D eigenvalue weighted by atomic mass is 10.1. The zero-order chi connectivity index (χ0) is 12.8. The van der Waals surface area contributed by atoms with Crippen molar-refractivity contribution < 1.29 is 9.47 Å². The van der Waals surface area contributed by atoms with Gasteiger partial charge < -0.3 is 14.8 Å². The van der Waals surface area contributed by atoms with E-state index in [1.165, 1.54) is 0 Å². The molecule has 1 fully saturated rings. The van der Waals surface area contributed by atoms with Crippen molar-refractivity contribution in [2.45, 2.75) is 39.2 Å². The first-order valence-corrected chi connectivity index (χ1v) is 6.60. The first-order chi connectivity index (χ1) is 8.78. The molecule has 0 unspecified atom stereocenters. The van der Waals surface area contributed by atoms with Gasteiger partial charge in [0, 0.05) is 31.0 Å². The van der Waals surface area contributed by atoms with E-state index in [4.69, 9.17) is 9.47 Å². The number of nitrogens with one attached hydrogen (secondary N) is 1. The van der Waals surface area contributed by atoms with Crippen LogP contribution >= 0.6 is 0 Å². The van der Waals surface area contributed by atoms with E-state index in [-0.39, 0.29) is 0 Å². The third-order valence-corrected chi connectivity index (χ3v) is 2.84. The number of nitrogens with zero attached hydrogens (tertiary/aromatic N) is 2. The molecule has 5 nitrogen and oxygen atoms in total. The van der Waals surface area contributed by atoms with E-state index in [9.17, 15) is 0 Å². The summed E-state index contributed by atoms with van der Waals surface area (Å²) in [7, 11) is 0. The number of aryl methyl sites for hydroxylation is 1. The second-order valence-corrected chi connectivity index (χ2v) is 4.55. The zero-order valence-corrected chi connectivity index (χ0v) is 11.1. The van der Waals surface area contributed by atoms with Crippen molar-refractivity contribution >= 4 is 5.95 Å². The molecule has 0 aromatic carbocycles. The average Bonchev–Trinajstić information content (AvgIpc) is 2.37. The van der Waals surface area contributed by atoms with E-state index in [0.29, 0.717) is 24.5 Å². The highest BCUT2D eigenvalue weighted by Gasteiger charge is 2.15. The maximum atomic E-state index is 5.55. The smallest absolute Gasteiger partial charge is 0.226 e. The van der Waals surface area contributed by atoms with Crippen LogP contribution in [0.25, 0.3) is 0 Å². The van der Waals surface area contributed by atoms with Gasteiger partial charge in [-0.2, -0.15) is 4.98 Å². The predicted molar refractivity (Wildman–Crippen MR) is 70.0 cm³/mol. The number of hydrogen-bond donors (Lipinski definition) is 1. The molecule has 18 heavy (non-hydrogen) atoms. The van der Waals surface area contributed by atoms with Crippen molar-refractivity contribution in [1.29, 1.82) is 0 Å². The van der Waals surface area contributed by atoms with Crippen molar-refractivity contribution in [3.05, 3.63) is 11.8 Å². The third-order valence-electron chi connectivity index (χ3n) is 2.84. The molecule has 0 amide bonds. The first-order valence-electron chi connectivity index (χ1n) is 6.60. The van der Waals surface area contributed by atoms with Gasteiger partial charge in [-0.15, -0.1) is 0 Å². The minimum absolute atomic E-state index is 0.402. The van der Waals surface area contributed by atoms with Crippen LogP contribution < -0.4 is 10.1 Å². The average molecular weight is 251 g/mol. The molecule has 0 atom stereocenters. The fraction of sp³-hybridized carbons (Fsp3) is 0.692. The van der Waals surface area contributed by atoms with Gasteiger partial charge in [0.25, 0.3) is 0 Å². The van der Waals surface area contributed by atoms with E-state index in [1.54, 1.807) is 0 Å². The first kappa shape index (κ1) is 13.1. The molecule has 100 valence electrons. The van der Waals surface area contributed by atoms with Gasteiger partial charge in [0.1, 0.15) is 0 Å². The summed E-state index contributed by atoms with van der Waals surface area (Å²) in [5.74, 6) is 1.31. The molecular weight excluding hydrogens is 230 g/mol. The Balaban J connectivity index is 1.99. The second kappa shape index (κ2) is 6.54. The van der Waals surface area contributed by atoms with Gasteiger partial charge in [-0.1, -0.05) is 6.92 Å². The monoisotopic (exact) mass is 251 g/mol. The molecule has 0 radical (unpaired) electrons. The van der Waals surface area contributed by atoms with Gasteiger partial charge in [0.2, 0.25) is 11.8 Å². The van der Waals surface area contributed by atoms with Gasteiger partial charge in [0.15, 0.2) is 0 Å². The topological polar surface area (TPSA) is 56.3 Å². The third kappa shape index (κ3) is 3.84. The van der Waals surface area contributed by atoms with Crippen LogP contribution in [0.3, 0.4) is 0 Å². The van der Waals surface area contributed by atoms with Crippen LogP contribution in [0.15, 0.2) is 6.07 Å². The van der Waals surface area contributed by atoms with Crippen LogP contribution in [0.2, 0.25) is 0 Å². The van der Waals surface area contributed by atoms with Gasteiger partial charge >= 0.3 is 0 Å². The van der Waals surface area contributed by atoms with Crippen LogP contribution in [0.1, 0.15) is 31.9 Å². The summed E-state index contributed by atoms with van der Waals surface area (Å²) >= 11 is 0. The lowest BCUT2D eigenvalue weighted by Crippen LogP contribution is -2.28. The van der Waals surface area contributed by atoms with Crippen LogP contribution in [-0.2, 0) is 4.74 Å². The second-order valence-electron chi connectivity index (χ2n) is 4.55. The number of anilines is 1. The fourth-order valence-corrected chi connectivity index (χ4v) is 1.91. The molecule has 2 heterocycles. The van der Waals surface area contributed by atoms with Crippen molar-refractivity contribution in [2.75, 3.05) is 25.1 Å². The van der Waals surface area contributed by atoms with Crippen molar-refractivity contribution in [3.8, 4) is 5.88 Å². The van der Waals surface area contributed by atoms with E-state index in [2.05, 4.69) is 22.2 Å². The minimum Gasteiger partial charge on any atom is -0.478 e. The van der Waals surface area contributed by atoms with Crippen LogP contribution in [-0.4, -0.2) is 35.8 Å². The van der Waals surface area contributed by atoms with Crippen molar-refractivity contribution in [1.82, 2.24) is 9.97 Å². The summed E-state index contributed by atoms with van der Waals surface area (Å²) in [5, 5.41) is 3.36. The quantitative estimate of drug-likeness (QED) is 0.869. The Morgan fingerprint density at radius 1 is 1.39 bits per heavy atom. The Labute approximate surface area is 108 Å². The van der Waals surface area contributed by atoms with E-state index in [0.717, 1.165) is 38.2 Å². The normalized spacial score (nSPS) is 16.6. The summed E-state index contributed by atoms with van der Waals surface area (Å²) in [5.41, 5.74) is 0.922. The summed E-state index contributed by atoms with van der Waals surface area (Å²) in [6.07, 6.45) is 2.98. The molecule has 1 saturated heterocycles. The van der Waals surface area contributed by atoms with Crippen LogP contribution in [0, 0.1) is 6.92 Å². The number of ether oxygens (including phenoxy) is 2. The Bertz CT molecular complexity index is 378. The Morgan fingerprint density at radius 2 is 2.17 bits per heavy atom. The molecule has 0 saturated carbocycles. The Morgan fingerprint density at radius 3 is 2.89 bits per heavy atom. The summed E-state index contributed by atoms with van der Waals surface area (Å²) in [6, 6.07) is 2.27. The lowest BCUT2D eigenvalue weighted by Gasteiger charge is -2.23. The van der Waals surface area contributed by atoms with Crippen LogP contribution in [0.4, 0.5) is 5.95 Å². The molecular formula is C13H21N3O2. The molecule has 0 spiro atoms. The number of aromatic nitrogens is 2. The van der Waals surface area contributed by atoms with E-state index in [1.807, 2.05) is 13.0 Å². The summed E-state index contributed by atoms with van der Waals surface area (Å²) in [6.45, 7) is 6.34. The number of rotatable bonds is 5. The minimum atomic E-state index is 0.402. The highest BCUT2D eigenvalue weighted by Crippen LogP contribution is 2.16. The maximum Gasteiger partial charge on any atom is 0.226 e. The van der Waals surface area contributed by atoms with E-state index >= 15 is 0 Å². The largest absolute Gasteiger partial charge is 0.478 e.